The Kier molecular flexibility index (Phi) is 4.37. The van der Waals surface area contributed by atoms with Gasteiger partial charge in [-0.25, -0.2) is 13.2 Å². The van der Waals surface area contributed by atoms with E-state index in [0.29, 0.717) is 16.2 Å². The van der Waals surface area contributed by atoms with Crippen LogP contribution in [0.3, 0.4) is 0 Å². The molecule has 1 aromatic heterocycles. The Hall–Kier alpha value is -2.21. The van der Waals surface area contributed by atoms with Crippen LogP contribution < -0.4 is 0 Å². The third-order valence-electron chi connectivity index (χ3n) is 3.01. The van der Waals surface area contributed by atoms with Crippen LogP contribution in [0.15, 0.2) is 47.5 Å². The first-order valence-electron chi connectivity index (χ1n) is 6.25. The van der Waals surface area contributed by atoms with E-state index in [1.165, 1.54) is 25.4 Å². The van der Waals surface area contributed by atoms with E-state index in [-0.39, 0.29) is 11.3 Å². The molecule has 21 heavy (non-hydrogen) atoms. The highest BCUT2D eigenvalue weighted by molar-refractivity contribution is 7.90. The molecule has 0 aliphatic heterocycles. The summed E-state index contributed by atoms with van der Waals surface area (Å²) in [6.45, 7) is 1.75. The van der Waals surface area contributed by atoms with Gasteiger partial charge in [-0.1, -0.05) is 18.2 Å². The number of nitrogens with zero attached hydrogens (tertiary/aromatic N) is 1. The third kappa shape index (κ3) is 3.46. The number of sulfone groups is 1. The number of benzene rings is 1. The van der Waals surface area contributed by atoms with Crippen LogP contribution in [0.4, 0.5) is 0 Å². The van der Waals surface area contributed by atoms with Gasteiger partial charge in [0.25, 0.3) is 0 Å². The molecule has 6 heteroatoms. The minimum atomic E-state index is -3.46. The van der Waals surface area contributed by atoms with Gasteiger partial charge in [0.15, 0.2) is 9.84 Å². The van der Waals surface area contributed by atoms with E-state index in [4.69, 9.17) is 0 Å². The Morgan fingerprint density at radius 2 is 1.90 bits per heavy atom. The van der Waals surface area contributed by atoms with Gasteiger partial charge in [0.1, 0.15) is 0 Å². The predicted molar refractivity (Wildman–Crippen MR) is 77.6 cm³/mol. The van der Waals surface area contributed by atoms with Gasteiger partial charge in [0.05, 0.1) is 29.0 Å². The SMILES string of the molecule is COC(=O)c1ccc(CS(=O)(=O)c2ccccc2C)nc1. The molecule has 0 aliphatic carbocycles. The summed E-state index contributed by atoms with van der Waals surface area (Å²) in [7, 11) is -2.18. The molecule has 0 N–H and O–H groups in total. The molecule has 0 fully saturated rings. The van der Waals surface area contributed by atoms with Gasteiger partial charge in [-0.2, -0.15) is 0 Å². The van der Waals surface area contributed by atoms with E-state index in [1.54, 1.807) is 31.2 Å². The van der Waals surface area contributed by atoms with Crippen molar-refractivity contribution in [1.29, 1.82) is 0 Å². The summed E-state index contributed by atoms with van der Waals surface area (Å²) in [6, 6.07) is 9.82. The summed E-state index contributed by atoms with van der Waals surface area (Å²) >= 11 is 0. The van der Waals surface area contributed by atoms with Crippen molar-refractivity contribution in [3.63, 3.8) is 0 Å². The number of hydrogen-bond acceptors (Lipinski definition) is 5. The Bertz CT molecular complexity index is 751. The minimum Gasteiger partial charge on any atom is -0.465 e. The topological polar surface area (TPSA) is 73.3 Å². The molecule has 1 aromatic carbocycles. The molecule has 0 spiro atoms. The summed E-state index contributed by atoms with van der Waals surface area (Å²) in [4.78, 5) is 15.6. The number of pyridine rings is 1. The molecule has 0 amide bonds. The molecule has 0 atom stereocenters. The highest BCUT2D eigenvalue weighted by Gasteiger charge is 2.18. The second kappa shape index (κ2) is 6.05. The van der Waals surface area contributed by atoms with Gasteiger partial charge in [-0.3, -0.25) is 4.98 Å². The lowest BCUT2D eigenvalue weighted by molar-refractivity contribution is 0.0600. The van der Waals surface area contributed by atoms with Crippen LogP contribution in [0.25, 0.3) is 0 Å². The maximum absolute atomic E-state index is 12.4. The Labute approximate surface area is 123 Å². The van der Waals surface area contributed by atoms with Crippen molar-refractivity contribution < 1.29 is 17.9 Å². The number of carbonyl (C=O) groups excluding carboxylic acids is 1. The monoisotopic (exact) mass is 305 g/mol. The molecule has 5 nitrogen and oxygen atoms in total. The van der Waals surface area contributed by atoms with Crippen molar-refractivity contribution in [3.8, 4) is 0 Å². The standard InChI is InChI=1S/C15H15NO4S/c1-11-5-3-4-6-14(11)21(18,19)10-13-8-7-12(9-16-13)15(17)20-2/h3-9H,10H2,1-2H3. The van der Waals surface area contributed by atoms with Gasteiger partial charge < -0.3 is 4.74 Å². The van der Waals surface area contributed by atoms with Crippen molar-refractivity contribution in [3.05, 3.63) is 59.4 Å². The molecule has 0 radical (unpaired) electrons. The number of esters is 1. The first kappa shape index (κ1) is 15.2. The van der Waals surface area contributed by atoms with Crippen LogP contribution in [0.1, 0.15) is 21.6 Å². The highest BCUT2D eigenvalue weighted by Crippen LogP contribution is 2.19. The quantitative estimate of drug-likeness (QED) is 0.809. The van der Waals surface area contributed by atoms with Crippen molar-refractivity contribution in [1.82, 2.24) is 4.98 Å². The van der Waals surface area contributed by atoms with E-state index >= 15 is 0 Å². The van der Waals surface area contributed by atoms with Gasteiger partial charge in [0, 0.05) is 6.20 Å². The molecule has 110 valence electrons. The fraction of sp³-hybridized carbons (Fsp3) is 0.200. The Balaban J connectivity index is 2.25. The van der Waals surface area contributed by atoms with Gasteiger partial charge in [-0.05, 0) is 30.7 Å². The molecular formula is C15H15NO4S. The average molecular weight is 305 g/mol. The minimum absolute atomic E-state index is 0.209. The van der Waals surface area contributed by atoms with Gasteiger partial charge in [-0.15, -0.1) is 0 Å². The van der Waals surface area contributed by atoms with Crippen molar-refractivity contribution in [2.45, 2.75) is 17.6 Å². The highest BCUT2D eigenvalue weighted by atomic mass is 32.2. The van der Waals surface area contributed by atoms with Crippen LogP contribution in [0, 0.1) is 6.92 Å². The van der Waals surface area contributed by atoms with Crippen LogP contribution in [-0.2, 0) is 20.3 Å². The van der Waals surface area contributed by atoms with Gasteiger partial charge >= 0.3 is 5.97 Å². The Morgan fingerprint density at radius 3 is 2.48 bits per heavy atom. The summed E-state index contributed by atoms with van der Waals surface area (Å²) in [6.07, 6.45) is 1.31. The number of aryl methyl sites for hydroxylation is 1. The zero-order valence-corrected chi connectivity index (χ0v) is 12.6. The second-order valence-electron chi connectivity index (χ2n) is 4.55. The zero-order chi connectivity index (χ0) is 15.5. The Morgan fingerprint density at radius 1 is 1.19 bits per heavy atom. The summed E-state index contributed by atoms with van der Waals surface area (Å²) in [5.74, 6) is -0.713. The fourth-order valence-corrected chi connectivity index (χ4v) is 3.49. The van der Waals surface area contributed by atoms with Crippen LogP contribution in [-0.4, -0.2) is 26.5 Å². The largest absolute Gasteiger partial charge is 0.465 e. The van der Waals surface area contributed by atoms with E-state index in [0.717, 1.165) is 0 Å². The van der Waals surface area contributed by atoms with E-state index in [1.807, 2.05) is 0 Å². The first-order valence-corrected chi connectivity index (χ1v) is 7.91. The normalized spacial score (nSPS) is 11.1. The van der Waals surface area contributed by atoms with Crippen molar-refractivity contribution >= 4 is 15.8 Å². The molecule has 0 saturated carbocycles. The predicted octanol–water partition coefficient (Wildman–Crippen LogP) is 2.15. The molecule has 2 aromatic rings. The lowest BCUT2D eigenvalue weighted by atomic mass is 10.2. The number of ether oxygens (including phenoxy) is 1. The first-order chi connectivity index (χ1) is 9.94. The van der Waals surface area contributed by atoms with Crippen LogP contribution in [0.2, 0.25) is 0 Å². The summed E-state index contributed by atoms with van der Waals surface area (Å²) in [5, 5.41) is 0. The smallest absolute Gasteiger partial charge is 0.339 e. The molecule has 1 heterocycles. The number of rotatable bonds is 4. The van der Waals surface area contributed by atoms with Crippen LogP contribution in [0.5, 0.6) is 0 Å². The molecule has 2 rings (SSSR count). The number of methoxy groups -OCH3 is 1. The lowest BCUT2D eigenvalue weighted by Gasteiger charge is -2.07. The van der Waals surface area contributed by atoms with Gasteiger partial charge in [0.2, 0.25) is 0 Å². The van der Waals surface area contributed by atoms with Crippen LogP contribution >= 0.6 is 0 Å². The summed E-state index contributed by atoms with van der Waals surface area (Å²) < 4.78 is 29.3. The number of carbonyl (C=O) groups is 1. The van der Waals surface area contributed by atoms with E-state index in [2.05, 4.69) is 9.72 Å². The molecule has 0 saturated heterocycles. The molecule has 0 unspecified atom stereocenters. The maximum Gasteiger partial charge on any atom is 0.339 e. The molecule has 0 aliphatic rings. The number of hydrogen-bond donors (Lipinski definition) is 0. The maximum atomic E-state index is 12.4. The van der Waals surface area contributed by atoms with Crippen molar-refractivity contribution in [2.24, 2.45) is 0 Å². The lowest BCUT2D eigenvalue weighted by Crippen LogP contribution is -2.09. The third-order valence-corrected chi connectivity index (χ3v) is 4.82. The van der Waals surface area contributed by atoms with Crippen molar-refractivity contribution in [2.75, 3.05) is 7.11 Å². The molecule has 0 bridgehead atoms. The second-order valence-corrected chi connectivity index (χ2v) is 6.51. The molecular weight excluding hydrogens is 290 g/mol. The average Bonchev–Trinajstić information content (AvgIpc) is 2.47. The van der Waals surface area contributed by atoms with E-state index in [9.17, 15) is 13.2 Å². The summed E-state index contributed by atoms with van der Waals surface area (Å²) in [5.41, 5.74) is 1.36. The number of aromatic nitrogens is 1. The fourth-order valence-electron chi connectivity index (χ4n) is 1.93. The zero-order valence-electron chi connectivity index (χ0n) is 11.7. The van der Waals surface area contributed by atoms with E-state index < -0.39 is 15.8 Å².